The van der Waals surface area contributed by atoms with Gasteiger partial charge in [0.2, 0.25) is 0 Å². The molecule has 0 aromatic heterocycles. The summed E-state index contributed by atoms with van der Waals surface area (Å²) in [6, 6.07) is 0. The molecule has 0 aromatic carbocycles. The molecule has 12 heteroatoms. The molecule has 0 radical (unpaired) electrons. The van der Waals surface area contributed by atoms with E-state index in [1.165, 1.54) is 51.4 Å². The minimum Gasteiger partial charge on any atom is -0.479 e. The van der Waals surface area contributed by atoms with Crippen molar-refractivity contribution in [2.24, 2.45) is 0 Å². The zero-order valence-electron chi connectivity index (χ0n) is 46.5. The lowest BCUT2D eigenvalue weighted by atomic mass is 9.98. The number of hydrogen-bond acceptors (Lipinski definition) is 11. The van der Waals surface area contributed by atoms with E-state index in [0.29, 0.717) is 25.7 Å². The number of unbranched alkanes of at least 4 members (excludes halogenated alkanes) is 15. The van der Waals surface area contributed by atoms with Crippen molar-refractivity contribution in [1.82, 2.24) is 0 Å². The highest BCUT2D eigenvalue weighted by atomic mass is 16.7. The molecule has 1 aliphatic rings. The molecule has 3 N–H and O–H groups in total. The first-order chi connectivity index (χ1) is 36.6. The number of carboxylic acid groups (broad SMARTS) is 1. The standard InChI is InChI=1S/C63H100O12/c1-4-7-10-13-16-19-22-25-26-27-28-29-30-33-34-37-40-43-46-49-55(64)71-52-54(73-56(65)50-47-44-41-38-35-31-23-20-17-14-11-8-5-2)53-72-63-61(59(68)58(67)60(75-63)62(69)70)74-57(66)51-48-45-42-39-36-32-24-21-18-15-12-9-6-3/h7-8,10-11,16-17,19-20,25-26,28-29,31,33-35,41,44,54,58-61,63,67-68H,4-6,9,12-15,18,21-24,27,30,32,36-40,42-43,45-53H2,1-3H3,(H,69,70)/b10-7-,11-8-,19-16-,20-17-,26-25-,29-28-,34-33-,35-31-,44-41-. The van der Waals surface area contributed by atoms with E-state index < -0.39 is 67.3 Å². The van der Waals surface area contributed by atoms with Crippen molar-refractivity contribution in [3.05, 3.63) is 109 Å². The van der Waals surface area contributed by atoms with Crippen LogP contribution < -0.4 is 0 Å². The summed E-state index contributed by atoms with van der Waals surface area (Å²) in [7, 11) is 0. The van der Waals surface area contributed by atoms with Crippen LogP contribution in [-0.2, 0) is 42.9 Å². The van der Waals surface area contributed by atoms with Crippen LogP contribution in [0.2, 0.25) is 0 Å². The summed E-state index contributed by atoms with van der Waals surface area (Å²) in [6.45, 7) is 5.65. The molecule has 0 saturated carbocycles. The Morgan fingerprint density at radius 3 is 1.33 bits per heavy atom. The van der Waals surface area contributed by atoms with Gasteiger partial charge in [-0.15, -0.1) is 0 Å². The van der Waals surface area contributed by atoms with Crippen LogP contribution >= 0.6 is 0 Å². The third-order valence-corrected chi connectivity index (χ3v) is 12.4. The van der Waals surface area contributed by atoms with Crippen LogP contribution in [0, 0.1) is 0 Å². The number of aliphatic hydroxyl groups excluding tert-OH is 2. The van der Waals surface area contributed by atoms with E-state index in [2.05, 4.69) is 118 Å². The highest BCUT2D eigenvalue weighted by Gasteiger charge is 2.50. The lowest BCUT2D eigenvalue weighted by Crippen LogP contribution is -2.61. The van der Waals surface area contributed by atoms with E-state index in [4.69, 9.17) is 23.7 Å². The first-order valence-electron chi connectivity index (χ1n) is 28.9. The highest BCUT2D eigenvalue weighted by Crippen LogP contribution is 2.26. The number of carbonyl (C=O) groups is 4. The van der Waals surface area contributed by atoms with E-state index in [9.17, 15) is 34.5 Å². The molecule has 6 atom stereocenters. The van der Waals surface area contributed by atoms with Gasteiger partial charge in [-0.2, -0.15) is 0 Å². The van der Waals surface area contributed by atoms with Gasteiger partial charge in [0.05, 0.1) is 6.61 Å². The average Bonchev–Trinajstić information content (AvgIpc) is 3.39. The van der Waals surface area contributed by atoms with Gasteiger partial charge in [-0.25, -0.2) is 4.79 Å². The molecule has 1 saturated heterocycles. The van der Waals surface area contributed by atoms with Crippen molar-refractivity contribution >= 4 is 23.9 Å². The van der Waals surface area contributed by atoms with E-state index >= 15 is 0 Å². The van der Waals surface area contributed by atoms with Crippen molar-refractivity contribution in [2.45, 2.75) is 250 Å². The maximum Gasteiger partial charge on any atom is 0.335 e. The van der Waals surface area contributed by atoms with Crippen molar-refractivity contribution in [1.29, 1.82) is 0 Å². The summed E-state index contributed by atoms with van der Waals surface area (Å²) in [5.41, 5.74) is 0. The van der Waals surface area contributed by atoms with Gasteiger partial charge in [-0.3, -0.25) is 14.4 Å². The Morgan fingerprint density at radius 1 is 0.453 bits per heavy atom. The van der Waals surface area contributed by atoms with Crippen LogP contribution in [0.4, 0.5) is 0 Å². The van der Waals surface area contributed by atoms with E-state index in [1.807, 2.05) is 12.2 Å². The molecule has 1 rings (SSSR count). The zero-order chi connectivity index (χ0) is 54.7. The molecule has 1 aliphatic heterocycles. The largest absolute Gasteiger partial charge is 0.479 e. The number of allylic oxidation sites excluding steroid dienone is 18. The summed E-state index contributed by atoms with van der Waals surface area (Å²) >= 11 is 0. The molecule has 1 heterocycles. The molecule has 12 nitrogen and oxygen atoms in total. The second kappa shape index (κ2) is 50.2. The monoisotopic (exact) mass is 1050 g/mol. The Morgan fingerprint density at radius 2 is 0.867 bits per heavy atom. The number of carboxylic acids is 1. The Bertz CT molecular complexity index is 1720. The molecule has 0 spiro atoms. The Hall–Kier alpha value is -4.62. The Balaban J connectivity index is 2.75. The summed E-state index contributed by atoms with van der Waals surface area (Å²) in [5, 5.41) is 31.4. The van der Waals surface area contributed by atoms with Crippen LogP contribution in [0.25, 0.3) is 0 Å². The summed E-state index contributed by atoms with van der Waals surface area (Å²) in [5.74, 6) is -3.28. The van der Waals surface area contributed by atoms with Crippen molar-refractivity contribution in [2.75, 3.05) is 13.2 Å². The van der Waals surface area contributed by atoms with Gasteiger partial charge in [0.15, 0.2) is 24.6 Å². The van der Waals surface area contributed by atoms with Crippen molar-refractivity contribution < 1.29 is 58.2 Å². The molecule has 424 valence electrons. The molecular formula is C63H100O12. The number of carbonyl (C=O) groups excluding carboxylic acids is 3. The van der Waals surface area contributed by atoms with Gasteiger partial charge >= 0.3 is 23.9 Å². The topological polar surface area (TPSA) is 175 Å². The normalized spacial score (nSPS) is 19.0. The molecule has 0 aromatic rings. The number of rotatable bonds is 47. The summed E-state index contributed by atoms with van der Waals surface area (Å²) in [6.07, 6.45) is 55.1. The second-order valence-corrected chi connectivity index (χ2v) is 19.2. The number of aliphatic hydroxyl groups is 2. The SMILES string of the molecule is CC/C=C\C/C=C\C/C=C\C/C=C\C/C=C\CCCCCC(=O)OCC(COC1OC(C(=O)O)C(O)C(O)C1OC(=O)CCCCCCCCCCCCCCC)OC(=O)CC/C=C\C/C=C\C/C=C\C/C=C\CC. The molecular weight excluding hydrogens is 949 g/mol. The third kappa shape index (κ3) is 40.3. The van der Waals surface area contributed by atoms with Crippen molar-refractivity contribution in [3.8, 4) is 0 Å². The maximum atomic E-state index is 13.1. The highest BCUT2D eigenvalue weighted by molar-refractivity contribution is 5.74. The lowest BCUT2D eigenvalue weighted by molar-refractivity contribution is -0.301. The number of ether oxygens (including phenoxy) is 5. The van der Waals surface area contributed by atoms with Gasteiger partial charge in [-0.1, -0.05) is 214 Å². The Labute approximate surface area is 453 Å². The van der Waals surface area contributed by atoms with E-state index in [0.717, 1.165) is 96.3 Å². The lowest BCUT2D eigenvalue weighted by Gasteiger charge is -2.40. The van der Waals surface area contributed by atoms with Crippen LogP contribution in [0.5, 0.6) is 0 Å². The first kappa shape index (κ1) is 68.4. The van der Waals surface area contributed by atoms with Gasteiger partial charge in [0.1, 0.15) is 18.8 Å². The molecule has 6 unspecified atom stereocenters. The van der Waals surface area contributed by atoms with Gasteiger partial charge in [0.25, 0.3) is 0 Å². The molecule has 0 bridgehead atoms. The van der Waals surface area contributed by atoms with E-state index in [1.54, 1.807) is 0 Å². The van der Waals surface area contributed by atoms with Crippen LogP contribution in [-0.4, -0.2) is 89.2 Å². The predicted molar refractivity (Wildman–Crippen MR) is 303 cm³/mol. The third-order valence-electron chi connectivity index (χ3n) is 12.4. The predicted octanol–water partition coefficient (Wildman–Crippen LogP) is 14.7. The quantitative estimate of drug-likeness (QED) is 0.0228. The smallest absolute Gasteiger partial charge is 0.335 e. The first-order valence-corrected chi connectivity index (χ1v) is 28.9. The number of hydrogen-bond donors (Lipinski definition) is 3. The second-order valence-electron chi connectivity index (χ2n) is 19.2. The summed E-state index contributed by atoms with van der Waals surface area (Å²) < 4.78 is 28.3. The molecule has 0 amide bonds. The van der Waals surface area contributed by atoms with Crippen LogP contribution in [0.15, 0.2) is 109 Å². The molecule has 0 aliphatic carbocycles. The van der Waals surface area contributed by atoms with Gasteiger partial charge in [0, 0.05) is 19.3 Å². The van der Waals surface area contributed by atoms with Gasteiger partial charge < -0.3 is 39.0 Å². The fourth-order valence-electron chi connectivity index (χ4n) is 8.00. The number of esters is 3. The fourth-order valence-corrected chi connectivity index (χ4v) is 8.00. The van der Waals surface area contributed by atoms with Crippen LogP contribution in [0.3, 0.4) is 0 Å². The Kier molecular flexibility index (Phi) is 45.8. The summed E-state index contributed by atoms with van der Waals surface area (Å²) in [4.78, 5) is 51.0. The number of aliphatic carboxylic acids is 1. The van der Waals surface area contributed by atoms with Crippen molar-refractivity contribution in [3.63, 3.8) is 0 Å². The van der Waals surface area contributed by atoms with E-state index in [-0.39, 0.29) is 25.9 Å². The van der Waals surface area contributed by atoms with Crippen LogP contribution in [0.1, 0.15) is 213 Å². The zero-order valence-corrected chi connectivity index (χ0v) is 46.5. The average molecular weight is 1050 g/mol. The molecule has 1 fully saturated rings. The maximum absolute atomic E-state index is 13.1. The fraction of sp³-hybridized carbons (Fsp3) is 0.651. The van der Waals surface area contributed by atoms with Gasteiger partial charge in [-0.05, 0) is 89.9 Å². The minimum atomic E-state index is -1.92. The minimum absolute atomic E-state index is 0.0297. The molecule has 75 heavy (non-hydrogen) atoms.